The Balaban J connectivity index is 1.33. The summed E-state index contributed by atoms with van der Waals surface area (Å²) in [6.45, 7) is 5.60. The lowest BCUT2D eigenvalue weighted by Crippen LogP contribution is -2.63. The van der Waals surface area contributed by atoms with E-state index in [9.17, 15) is 13.2 Å². The van der Waals surface area contributed by atoms with Crippen LogP contribution in [0.15, 0.2) is 68.1 Å². The van der Waals surface area contributed by atoms with Crippen molar-refractivity contribution in [2.45, 2.75) is 43.6 Å². The predicted molar refractivity (Wildman–Crippen MR) is 116 cm³/mol. The first-order valence-corrected chi connectivity index (χ1v) is 12.4. The zero-order valence-corrected chi connectivity index (χ0v) is 19.0. The molecule has 2 saturated heterocycles. The van der Waals surface area contributed by atoms with E-state index in [-0.39, 0.29) is 16.1 Å². The molecule has 168 valence electrons. The molecule has 1 aromatic carbocycles. The Morgan fingerprint density at radius 2 is 1.88 bits per heavy atom. The van der Waals surface area contributed by atoms with E-state index in [0.717, 1.165) is 29.1 Å². The Morgan fingerprint density at radius 3 is 2.62 bits per heavy atom. The van der Waals surface area contributed by atoms with Gasteiger partial charge in [0.2, 0.25) is 10.0 Å². The van der Waals surface area contributed by atoms with Gasteiger partial charge in [0.15, 0.2) is 11.6 Å². The number of sulfonamides is 1. The Labute approximate surface area is 187 Å². The molecule has 1 unspecified atom stereocenters. The maximum absolute atomic E-state index is 13.4. The van der Waals surface area contributed by atoms with E-state index in [4.69, 9.17) is 4.74 Å². The fraction of sp³-hybridized carbons (Fsp3) is 0.522. The molecule has 0 aromatic heterocycles. The second-order valence-corrected chi connectivity index (χ2v) is 12.4. The van der Waals surface area contributed by atoms with Crippen LogP contribution in [0.5, 0.6) is 0 Å². The summed E-state index contributed by atoms with van der Waals surface area (Å²) < 4.78 is 33.9. The van der Waals surface area contributed by atoms with Crippen molar-refractivity contribution in [3.05, 3.63) is 53.0 Å². The van der Waals surface area contributed by atoms with Crippen LogP contribution >= 0.6 is 0 Å². The van der Waals surface area contributed by atoms with E-state index in [1.165, 1.54) is 4.31 Å². The summed E-state index contributed by atoms with van der Waals surface area (Å²) in [6, 6.07) is 8.48. The van der Waals surface area contributed by atoms with Crippen LogP contribution in [-0.4, -0.2) is 50.3 Å². The summed E-state index contributed by atoms with van der Waals surface area (Å²) in [6.07, 6.45) is 1.84. The minimum absolute atomic E-state index is 0.119. The summed E-state index contributed by atoms with van der Waals surface area (Å²) in [4.78, 5) is 13.7. The highest BCUT2D eigenvalue weighted by molar-refractivity contribution is 7.89. The molecule has 1 aliphatic carbocycles. The lowest BCUT2D eigenvalue weighted by molar-refractivity contribution is -0.119. The average molecular weight is 455 g/mol. The number of rotatable bonds is 2. The lowest BCUT2D eigenvalue weighted by atomic mass is 9.61. The molecule has 8 nitrogen and oxygen atoms in total. The summed E-state index contributed by atoms with van der Waals surface area (Å²) in [5.41, 5.74) is 1.46. The van der Waals surface area contributed by atoms with Crippen molar-refractivity contribution in [3.8, 4) is 0 Å². The molecule has 4 heterocycles. The van der Waals surface area contributed by atoms with Crippen molar-refractivity contribution in [2.75, 3.05) is 26.2 Å². The third-order valence-electron chi connectivity index (χ3n) is 7.44. The monoisotopic (exact) mass is 454 g/mol. The van der Waals surface area contributed by atoms with Gasteiger partial charge >= 0.3 is 0 Å². The van der Waals surface area contributed by atoms with Crippen LogP contribution < -0.4 is 5.32 Å². The zero-order valence-electron chi connectivity index (χ0n) is 18.2. The Hall–Kier alpha value is -2.36. The van der Waals surface area contributed by atoms with Crippen molar-refractivity contribution < 1.29 is 17.9 Å². The number of ketones is 1. The van der Waals surface area contributed by atoms with Crippen LogP contribution in [0.3, 0.4) is 0 Å². The third kappa shape index (κ3) is 2.74. The van der Waals surface area contributed by atoms with Gasteiger partial charge in [-0.25, -0.2) is 8.42 Å². The minimum atomic E-state index is -3.56. The third-order valence-corrected chi connectivity index (χ3v) is 9.25. The van der Waals surface area contributed by atoms with Crippen molar-refractivity contribution >= 4 is 15.8 Å². The minimum Gasteiger partial charge on any atom is -0.371 e. The van der Waals surface area contributed by atoms with Gasteiger partial charge in [0.25, 0.3) is 0 Å². The molecule has 0 saturated carbocycles. The highest BCUT2D eigenvalue weighted by Gasteiger charge is 2.63. The van der Waals surface area contributed by atoms with Crippen molar-refractivity contribution in [3.63, 3.8) is 0 Å². The van der Waals surface area contributed by atoms with Crippen LogP contribution in [0, 0.1) is 10.8 Å². The van der Waals surface area contributed by atoms with Gasteiger partial charge < -0.3 is 10.1 Å². The van der Waals surface area contributed by atoms with E-state index in [2.05, 4.69) is 29.4 Å². The lowest BCUT2D eigenvalue weighted by Gasteiger charge is -2.48. The molecule has 4 aliphatic heterocycles. The molecule has 0 bridgehead atoms. The van der Waals surface area contributed by atoms with E-state index in [0.29, 0.717) is 39.1 Å². The number of nitrogens with one attached hydrogen (secondary N) is 1. The number of ether oxygens (including phenoxy) is 1. The molecular weight excluding hydrogens is 428 g/mol. The topological polar surface area (TPSA) is 100 Å². The fourth-order valence-corrected chi connectivity index (χ4v) is 7.67. The number of fused-ring (bicyclic) bond motifs is 2. The van der Waals surface area contributed by atoms with Crippen molar-refractivity contribution in [1.82, 2.24) is 9.62 Å². The average Bonchev–Trinajstić information content (AvgIpc) is 3.32. The number of carbonyl (C=O) groups excluding carboxylic acids is 1. The van der Waals surface area contributed by atoms with E-state index >= 15 is 0 Å². The van der Waals surface area contributed by atoms with Crippen molar-refractivity contribution in [1.29, 1.82) is 0 Å². The molecular formula is C23H26N4O4S. The largest absolute Gasteiger partial charge is 0.371 e. The summed E-state index contributed by atoms with van der Waals surface area (Å²) >= 11 is 0. The van der Waals surface area contributed by atoms with Gasteiger partial charge in [-0.2, -0.15) is 9.42 Å². The number of allylic oxidation sites excluding steroid dienone is 1. The van der Waals surface area contributed by atoms with Crippen LogP contribution in [-0.2, 0) is 19.6 Å². The van der Waals surface area contributed by atoms with Gasteiger partial charge in [0.1, 0.15) is 0 Å². The van der Waals surface area contributed by atoms with Gasteiger partial charge in [0.05, 0.1) is 29.1 Å². The predicted octanol–water partition coefficient (Wildman–Crippen LogP) is 2.76. The second-order valence-electron chi connectivity index (χ2n) is 10.5. The van der Waals surface area contributed by atoms with E-state index in [1.807, 2.05) is 0 Å². The molecule has 1 aromatic rings. The molecule has 2 fully saturated rings. The summed E-state index contributed by atoms with van der Waals surface area (Å²) in [7, 11) is -3.56. The highest BCUT2D eigenvalue weighted by Crippen LogP contribution is 2.59. The molecule has 6 rings (SSSR count). The first kappa shape index (κ1) is 20.3. The Bertz CT molecular complexity index is 1230. The maximum atomic E-state index is 13.4. The van der Waals surface area contributed by atoms with E-state index < -0.39 is 21.0 Å². The highest BCUT2D eigenvalue weighted by atomic mass is 32.2. The number of dihydropyridines is 1. The molecule has 0 radical (unpaired) electrons. The number of nitrogens with zero attached hydrogens (tertiary/aromatic N) is 3. The molecule has 9 heteroatoms. The van der Waals surface area contributed by atoms with Gasteiger partial charge in [-0.3, -0.25) is 4.79 Å². The first-order chi connectivity index (χ1) is 15.1. The number of hydrogen-bond acceptors (Lipinski definition) is 7. The van der Waals surface area contributed by atoms with Crippen LogP contribution in [0.4, 0.5) is 0 Å². The molecule has 1 atom stereocenters. The fourth-order valence-electron chi connectivity index (χ4n) is 6.06. The Kier molecular flexibility index (Phi) is 4.03. The van der Waals surface area contributed by atoms with E-state index in [1.54, 1.807) is 30.3 Å². The van der Waals surface area contributed by atoms with Gasteiger partial charge in [0, 0.05) is 36.4 Å². The molecule has 1 N–H and O–H groups in total. The SMILES string of the molecule is CC1(C)CC(=O)C2=C(C1)NC1=C(CN=N1)C21COC2(CN(S(=O)(=O)c3ccccc3)C2)C1. The number of benzene rings is 1. The number of carbonyl (C=O) groups is 1. The molecule has 2 spiro atoms. The number of azo groups is 1. The second kappa shape index (κ2) is 6.36. The number of hydrogen-bond donors (Lipinski definition) is 1. The molecule has 5 aliphatic rings. The summed E-state index contributed by atoms with van der Waals surface area (Å²) in [5, 5.41) is 11.9. The quantitative estimate of drug-likeness (QED) is 0.741. The number of Topliss-reactive ketones (excluding diaryl/α,β-unsaturated/α-hetero) is 1. The van der Waals surface area contributed by atoms with Gasteiger partial charge in [-0.1, -0.05) is 32.0 Å². The molecule has 32 heavy (non-hydrogen) atoms. The van der Waals surface area contributed by atoms with Gasteiger partial charge in [-0.15, -0.1) is 5.11 Å². The standard InChI is InChI=1S/C23H26N4O4S/c1-21(2)8-17-19(18(28)9-21)23(16-10-24-26-20(16)25-17)11-22(31-14-23)12-27(13-22)32(29,30)15-6-4-3-5-7-15/h3-7,25H,8-14H2,1-2H3. The van der Waals surface area contributed by atoms with Crippen molar-refractivity contribution in [2.24, 2.45) is 21.1 Å². The van der Waals surface area contributed by atoms with Gasteiger partial charge in [-0.05, 0) is 30.4 Å². The smallest absolute Gasteiger partial charge is 0.243 e. The summed E-state index contributed by atoms with van der Waals surface area (Å²) in [5.74, 6) is 0.888. The Morgan fingerprint density at radius 1 is 1.12 bits per heavy atom. The first-order valence-electron chi connectivity index (χ1n) is 11.0. The van der Waals surface area contributed by atoms with Crippen LogP contribution in [0.25, 0.3) is 0 Å². The zero-order chi connectivity index (χ0) is 22.4. The normalized spacial score (nSPS) is 30.5. The van der Waals surface area contributed by atoms with Crippen LogP contribution in [0.1, 0.15) is 33.1 Å². The molecule has 0 amide bonds. The maximum Gasteiger partial charge on any atom is 0.243 e. The van der Waals surface area contributed by atoms with Crippen LogP contribution in [0.2, 0.25) is 0 Å².